The van der Waals surface area contributed by atoms with E-state index < -0.39 is 0 Å². The first-order valence-corrected chi connectivity index (χ1v) is 9.07. The van der Waals surface area contributed by atoms with E-state index in [4.69, 9.17) is 5.73 Å². The molecule has 0 aromatic heterocycles. The third-order valence-corrected chi connectivity index (χ3v) is 6.15. The van der Waals surface area contributed by atoms with E-state index in [0.29, 0.717) is 6.04 Å². The zero-order valence-corrected chi connectivity index (χ0v) is 14.8. The quantitative estimate of drug-likeness (QED) is 0.879. The summed E-state index contributed by atoms with van der Waals surface area (Å²) < 4.78 is 1.20. The molecule has 0 spiro atoms. The summed E-state index contributed by atoms with van der Waals surface area (Å²) in [7, 11) is 0. The molecule has 1 aliphatic heterocycles. The molecule has 2 N–H and O–H groups in total. The Kier molecular flexibility index (Phi) is 4.45. The Morgan fingerprint density at radius 1 is 1.29 bits per heavy atom. The Hall–Kier alpha value is -0.380. The standard InChI is InChI=1S/C18H27BrN2/c1-13-3-4-14(2)21(11-13)18(12-20)8-7-15-9-17(19)6-5-16(15)10-18/h5-6,9,13-14H,3-4,7-8,10-12,20H2,1-2H3. The van der Waals surface area contributed by atoms with Crippen LogP contribution in [-0.4, -0.2) is 29.6 Å². The van der Waals surface area contributed by atoms with Gasteiger partial charge < -0.3 is 5.73 Å². The molecule has 0 amide bonds. The molecule has 3 heteroatoms. The minimum Gasteiger partial charge on any atom is -0.329 e. The van der Waals surface area contributed by atoms with Gasteiger partial charge in [-0.1, -0.05) is 28.9 Å². The van der Waals surface area contributed by atoms with Crippen LogP contribution in [0.3, 0.4) is 0 Å². The summed E-state index contributed by atoms with van der Waals surface area (Å²) in [5, 5.41) is 0. The van der Waals surface area contributed by atoms with Gasteiger partial charge in [-0.15, -0.1) is 0 Å². The maximum Gasteiger partial charge on any atom is 0.0378 e. The van der Waals surface area contributed by atoms with Crippen LogP contribution >= 0.6 is 15.9 Å². The van der Waals surface area contributed by atoms with E-state index in [1.165, 1.54) is 41.4 Å². The van der Waals surface area contributed by atoms with Crippen molar-refractivity contribution in [2.75, 3.05) is 13.1 Å². The molecule has 21 heavy (non-hydrogen) atoms. The molecular formula is C18H27BrN2. The summed E-state index contributed by atoms with van der Waals surface area (Å²) in [5.41, 5.74) is 9.49. The van der Waals surface area contributed by atoms with Crippen LogP contribution in [0.25, 0.3) is 0 Å². The summed E-state index contributed by atoms with van der Waals surface area (Å²) in [6.45, 7) is 6.77. The Morgan fingerprint density at radius 2 is 2.10 bits per heavy atom. The number of piperidine rings is 1. The SMILES string of the molecule is CC1CCC(C)N(C2(CN)CCc3cc(Br)ccc3C2)C1. The molecule has 1 saturated heterocycles. The second-order valence-electron chi connectivity index (χ2n) is 7.20. The lowest BCUT2D eigenvalue weighted by Gasteiger charge is -2.52. The van der Waals surface area contributed by atoms with E-state index in [1.807, 2.05) is 0 Å². The van der Waals surface area contributed by atoms with Gasteiger partial charge in [-0.25, -0.2) is 0 Å². The van der Waals surface area contributed by atoms with Crippen molar-refractivity contribution in [2.24, 2.45) is 11.7 Å². The molecule has 0 bridgehead atoms. The van der Waals surface area contributed by atoms with E-state index in [0.717, 1.165) is 25.3 Å². The lowest BCUT2D eigenvalue weighted by molar-refractivity contribution is 0.00139. The predicted molar refractivity (Wildman–Crippen MR) is 92.5 cm³/mol. The van der Waals surface area contributed by atoms with Crippen molar-refractivity contribution in [1.29, 1.82) is 0 Å². The maximum absolute atomic E-state index is 6.31. The van der Waals surface area contributed by atoms with Crippen LogP contribution in [0.4, 0.5) is 0 Å². The number of halogens is 1. The largest absolute Gasteiger partial charge is 0.329 e. The molecule has 0 radical (unpaired) electrons. The fourth-order valence-corrected chi connectivity index (χ4v) is 4.70. The molecule has 116 valence electrons. The fourth-order valence-electron chi connectivity index (χ4n) is 4.30. The number of nitrogens with zero attached hydrogens (tertiary/aromatic N) is 1. The van der Waals surface area contributed by atoms with Crippen LogP contribution in [-0.2, 0) is 12.8 Å². The number of hydrogen-bond donors (Lipinski definition) is 1. The average Bonchev–Trinajstić information content (AvgIpc) is 2.49. The van der Waals surface area contributed by atoms with E-state index in [2.05, 4.69) is 52.9 Å². The average molecular weight is 351 g/mol. The number of hydrogen-bond acceptors (Lipinski definition) is 2. The van der Waals surface area contributed by atoms with E-state index in [1.54, 1.807) is 0 Å². The van der Waals surface area contributed by atoms with Crippen molar-refractivity contribution in [3.63, 3.8) is 0 Å². The second-order valence-corrected chi connectivity index (χ2v) is 8.12. The van der Waals surface area contributed by atoms with Crippen molar-refractivity contribution in [1.82, 2.24) is 4.90 Å². The minimum absolute atomic E-state index is 0.176. The number of fused-ring (bicyclic) bond motifs is 1. The normalized spacial score (nSPS) is 33.7. The molecule has 1 heterocycles. The van der Waals surface area contributed by atoms with Gasteiger partial charge in [0.25, 0.3) is 0 Å². The van der Waals surface area contributed by atoms with Gasteiger partial charge in [0, 0.05) is 29.1 Å². The van der Waals surface area contributed by atoms with Crippen LogP contribution in [0.5, 0.6) is 0 Å². The van der Waals surface area contributed by atoms with Gasteiger partial charge in [-0.2, -0.15) is 0 Å². The monoisotopic (exact) mass is 350 g/mol. The molecule has 1 fully saturated rings. The summed E-state index contributed by atoms with van der Waals surface area (Å²) in [6, 6.07) is 7.42. The van der Waals surface area contributed by atoms with Crippen LogP contribution in [0, 0.1) is 5.92 Å². The molecular weight excluding hydrogens is 324 g/mol. The summed E-state index contributed by atoms with van der Waals surface area (Å²) in [4.78, 5) is 2.74. The number of nitrogens with two attached hydrogens (primary N) is 1. The lowest BCUT2D eigenvalue weighted by atomic mass is 9.74. The van der Waals surface area contributed by atoms with Gasteiger partial charge in [0.15, 0.2) is 0 Å². The van der Waals surface area contributed by atoms with Crippen molar-refractivity contribution in [3.05, 3.63) is 33.8 Å². The highest BCUT2D eigenvalue weighted by Gasteiger charge is 2.42. The van der Waals surface area contributed by atoms with Crippen molar-refractivity contribution in [2.45, 2.75) is 57.5 Å². The highest BCUT2D eigenvalue weighted by Crippen LogP contribution is 2.38. The Labute approximate surface area is 137 Å². The molecule has 1 aliphatic carbocycles. The smallest absolute Gasteiger partial charge is 0.0378 e. The van der Waals surface area contributed by atoms with Crippen molar-refractivity contribution < 1.29 is 0 Å². The third-order valence-electron chi connectivity index (χ3n) is 5.65. The number of benzene rings is 1. The van der Waals surface area contributed by atoms with Gasteiger partial charge in [-0.05, 0) is 68.2 Å². The van der Waals surface area contributed by atoms with Crippen LogP contribution in [0.2, 0.25) is 0 Å². The molecule has 1 aromatic carbocycles. The zero-order valence-electron chi connectivity index (χ0n) is 13.2. The first-order chi connectivity index (χ1) is 10.0. The summed E-state index contributed by atoms with van der Waals surface area (Å²) in [5.74, 6) is 0.802. The fraction of sp³-hybridized carbons (Fsp3) is 0.667. The Bertz CT molecular complexity index is 516. The highest BCUT2D eigenvalue weighted by molar-refractivity contribution is 9.10. The number of aryl methyl sites for hydroxylation is 1. The number of likely N-dealkylation sites (tertiary alicyclic amines) is 1. The van der Waals surface area contributed by atoms with Gasteiger partial charge in [0.2, 0.25) is 0 Å². The van der Waals surface area contributed by atoms with Crippen LogP contribution in [0.1, 0.15) is 44.2 Å². The van der Waals surface area contributed by atoms with E-state index in [-0.39, 0.29) is 5.54 Å². The predicted octanol–water partition coefficient (Wildman–Crippen LogP) is 3.76. The van der Waals surface area contributed by atoms with Gasteiger partial charge in [0.1, 0.15) is 0 Å². The first-order valence-electron chi connectivity index (χ1n) is 8.28. The van der Waals surface area contributed by atoms with Crippen LogP contribution < -0.4 is 5.73 Å². The summed E-state index contributed by atoms with van der Waals surface area (Å²) >= 11 is 3.59. The molecule has 3 unspecified atom stereocenters. The Morgan fingerprint density at radius 3 is 2.86 bits per heavy atom. The molecule has 0 saturated carbocycles. The highest BCUT2D eigenvalue weighted by atomic mass is 79.9. The molecule has 3 atom stereocenters. The number of rotatable bonds is 2. The van der Waals surface area contributed by atoms with Crippen LogP contribution in [0.15, 0.2) is 22.7 Å². The van der Waals surface area contributed by atoms with E-state index in [9.17, 15) is 0 Å². The second kappa shape index (κ2) is 6.02. The first kappa shape index (κ1) is 15.5. The zero-order chi connectivity index (χ0) is 15.0. The van der Waals surface area contributed by atoms with Crippen molar-refractivity contribution >= 4 is 15.9 Å². The van der Waals surface area contributed by atoms with E-state index >= 15 is 0 Å². The topological polar surface area (TPSA) is 29.3 Å². The third kappa shape index (κ3) is 2.93. The molecule has 2 nitrogen and oxygen atoms in total. The molecule has 1 aromatic rings. The van der Waals surface area contributed by atoms with Crippen molar-refractivity contribution in [3.8, 4) is 0 Å². The van der Waals surface area contributed by atoms with Gasteiger partial charge in [-0.3, -0.25) is 4.90 Å². The van der Waals surface area contributed by atoms with Gasteiger partial charge >= 0.3 is 0 Å². The molecule has 3 rings (SSSR count). The summed E-state index contributed by atoms with van der Waals surface area (Å²) in [6.07, 6.45) is 6.15. The lowest BCUT2D eigenvalue weighted by Crippen LogP contribution is -2.62. The minimum atomic E-state index is 0.176. The Balaban J connectivity index is 1.89. The van der Waals surface area contributed by atoms with Gasteiger partial charge in [0.05, 0.1) is 0 Å². The maximum atomic E-state index is 6.31. The molecule has 2 aliphatic rings.